The first-order valence-corrected chi connectivity index (χ1v) is 10.5. The molecule has 9 nitrogen and oxygen atoms in total. The summed E-state index contributed by atoms with van der Waals surface area (Å²) < 4.78 is 13.2. The van der Waals surface area contributed by atoms with Gasteiger partial charge in [-0.05, 0) is 61.2 Å². The number of nitrogen functional groups attached to an aromatic ring is 1. The van der Waals surface area contributed by atoms with Gasteiger partial charge in [0.1, 0.15) is 11.5 Å². The van der Waals surface area contributed by atoms with Crippen LogP contribution in [0.4, 0.5) is 11.4 Å². The van der Waals surface area contributed by atoms with Crippen LogP contribution in [0.2, 0.25) is 0 Å². The van der Waals surface area contributed by atoms with E-state index in [-0.39, 0.29) is 25.5 Å². The van der Waals surface area contributed by atoms with Gasteiger partial charge in [-0.3, -0.25) is 14.8 Å². The molecule has 0 fully saturated rings. The number of allylic oxidation sites excluding steroid dienone is 1. The number of carbonyl (C=O) groups is 1. The molecule has 0 aliphatic rings. The van der Waals surface area contributed by atoms with Crippen molar-refractivity contribution in [2.75, 3.05) is 24.4 Å². The summed E-state index contributed by atoms with van der Waals surface area (Å²) in [6, 6.07) is 12.7. The summed E-state index contributed by atoms with van der Waals surface area (Å²) in [5.41, 5.74) is 8.79. The van der Waals surface area contributed by atoms with E-state index in [1.54, 1.807) is 29.7 Å². The van der Waals surface area contributed by atoms with E-state index < -0.39 is 5.97 Å². The Morgan fingerprint density at radius 2 is 1.97 bits per heavy atom. The van der Waals surface area contributed by atoms with E-state index in [0.29, 0.717) is 26.5 Å². The first kappa shape index (κ1) is 23.1. The van der Waals surface area contributed by atoms with Gasteiger partial charge in [0.05, 0.1) is 18.4 Å². The fourth-order valence-electron chi connectivity index (χ4n) is 2.89. The number of nitrogens with zero attached hydrogens (tertiary/aromatic N) is 1. The Bertz CT molecular complexity index is 1220. The Morgan fingerprint density at radius 3 is 2.66 bits per heavy atom. The van der Waals surface area contributed by atoms with Gasteiger partial charge in [-0.1, -0.05) is 12.1 Å². The highest BCUT2D eigenvalue weighted by atomic mass is 32.1. The number of rotatable bonds is 9. The van der Waals surface area contributed by atoms with Crippen LogP contribution in [-0.4, -0.2) is 39.2 Å². The van der Waals surface area contributed by atoms with Crippen molar-refractivity contribution in [2.24, 2.45) is 0 Å². The number of esters is 1. The largest absolute Gasteiger partial charge is 0.512 e. The highest BCUT2D eigenvalue weighted by Crippen LogP contribution is 2.22. The summed E-state index contributed by atoms with van der Waals surface area (Å²) in [6.07, 6.45) is 1.15. The highest BCUT2D eigenvalue weighted by molar-refractivity contribution is 7.72. The third-order valence-corrected chi connectivity index (χ3v) is 4.93. The van der Waals surface area contributed by atoms with Crippen molar-refractivity contribution < 1.29 is 19.4 Å². The molecule has 0 amide bonds. The maximum absolute atomic E-state index is 11.4. The van der Waals surface area contributed by atoms with Crippen LogP contribution in [0.5, 0.6) is 5.75 Å². The molecule has 11 heteroatoms. The number of hydrogen-bond acceptors (Lipinski definition) is 8. The SMILES string of the molecule is CCOC(=O)/C=C(\O)Cc1ccc(OCNc2cccc(-n3c(=S)[nH][nH]c3=S)c2)cc1N. The number of aromatic amines is 2. The van der Waals surface area contributed by atoms with Gasteiger partial charge in [0, 0.05) is 23.9 Å². The van der Waals surface area contributed by atoms with Crippen molar-refractivity contribution in [3.8, 4) is 11.4 Å². The van der Waals surface area contributed by atoms with Crippen LogP contribution >= 0.6 is 24.4 Å². The standard InChI is InChI=1S/C21H23N5O4S2/c1-2-29-19(28)10-16(27)8-13-6-7-17(11-18(13)22)30-12-23-14-4-3-5-15(9-14)26-20(31)24-25-21(26)32/h3-7,9-11,23,27H,2,8,12,22H2,1H3,(H,24,31)(H,25,32)/b16-10-. The van der Waals surface area contributed by atoms with Crippen LogP contribution in [0, 0.1) is 9.54 Å². The zero-order valence-corrected chi connectivity index (χ0v) is 18.9. The van der Waals surface area contributed by atoms with Gasteiger partial charge in [-0.15, -0.1) is 0 Å². The van der Waals surface area contributed by atoms with Gasteiger partial charge >= 0.3 is 5.97 Å². The van der Waals surface area contributed by atoms with Crippen LogP contribution in [0.1, 0.15) is 12.5 Å². The van der Waals surface area contributed by atoms with Crippen LogP contribution in [0.15, 0.2) is 54.3 Å². The van der Waals surface area contributed by atoms with Crippen LogP contribution in [0.25, 0.3) is 5.69 Å². The van der Waals surface area contributed by atoms with E-state index in [1.165, 1.54) is 0 Å². The lowest BCUT2D eigenvalue weighted by molar-refractivity contribution is -0.137. The lowest BCUT2D eigenvalue weighted by Gasteiger charge is -2.12. The lowest BCUT2D eigenvalue weighted by Crippen LogP contribution is -2.10. The Balaban J connectivity index is 1.60. The molecule has 1 aromatic heterocycles. The minimum atomic E-state index is -0.598. The maximum Gasteiger partial charge on any atom is 0.334 e. The minimum Gasteiger partial charge on any atom is -0.512 e. The van der Waals surface area contributed by atoms with E-state index in [1.807, 2.05) is 24.3 Å². The molecule has 0 atom stereocenters. The molecule has 0 saturated heterocycles. The first-order chi connectivity index (χ1) is 15.4. The number of anilines is 2. The normalized spacial score (nSPS) is 11.2. The van der Waals surface area contributed by atoms with Crippen molar-refractivity contribution in [3.63, 3.8) is 0 Å². The summed E-state index contributed by atoms with van der Waals surface area (Å²) in [5.74, 6) is -0.175. The number of ether oxygens (including phenoxy) is 2. The molecule has 3 rings (SSSR count). The average Bonchev–Trinajstić information content (AvgIpc) is 3.08. The molecule has 0 spiro atoms. The molecule has 0 bridgehead atoms. The number of benzene rings is 2. The van der Waals surface area contributed by atoms with Gasteiger partial charge in [-0.25, -0.2) is 4.79 Å². The van der Waals surface area contributed by atoms with Gasteiger partial charge < -0.3 is 25.6 Å². The van der Waals surface area contributed by atoms with Crippen molar-refractivity contribution in [1.29, 1.82) is 0 Å². The molecular formula is C21H23N5O4S2. The molecule has 0 saturated carbocycles. The quantitative estimate of drug-likeness (QED) is 0.0782. The molecule has 0 unspecified atom stereocenters. The topological polar surface area (TPSA) is 130 Å². The molecular weight excluding hydrogens is 450 g/mol. The van der Waals surface area contributed by atoms with E-state index in [9.17, 15) is 9.90 Å². The number of H-pyrrole nitrogens is 2. The number of nitrogens with two attached hydrogens (primary N) is 1. The molecule has 0 aliphatic heterocycles. The highest BCUT2D eigenvalue weighted by Gasteiger charge is 2.07. The zero-order chi connectivity index (χ0) is 23.1. The number of aliphatic hydroxyl groups is 1. The van der Waals surface area contributed by atoms with Gasteiger partial charge in [-0.2, -0.15) is 0 Å². The second kappa shape index (κ2) is 10.6. The number of aliphatic hydroxyl groups excluding tert-OH is 1. The van der Waals surface area contributed by atoms with Gasteiger partial charge in [0.2, 0.25) is 0 Å². The number of carbonyl (C=O) groups excluding carboxylic acids is 1. The fourth-order valence-corrected chi connectivity index (χ4v) is 3.45. The van der Waals surface area contributed by atoms with Crippen LogP contribution < -0.4 is 15.8 Å². The van der Waals surface area contributed by atoms with E-state index in [2.05, 4.69) is 15.5 Å². The van der Waals surface area contributed by atoms with Crippen molar-refractivity contribution in [1.82, 2.24) is 14.8 Å². The zero-order valence-electron chi connectivity index (χ0n) is 17.3. The second-order valence-corrected chi connectivity index (χ2v) is 7.41. The molecule has 3 aromatic rings. The van der Waals surface area contributed by atoms with Crippen LogP contribution in [0.3, 0.4) is 0 Å². The molecule has 1 heterocycles. The third-order valence-electron chi connectivity index (χ3n) is 4.36. The average molecular weight is 474 g/mol. The molecule has 32 heavy (non-hydrogen) atoms. The molecule has 168 valence electrons. The molecule has 2 aromatic carbocycles. The van der Waals surface area contributed by atoms with E-state index >= 15 is 0 Å². The van der Waals surface area contributed by atoms with Crippen LogP contribution in [-0.2, 0) is 16.0 Å². The number of aromatic nitrogens is 3. The van der Waals surface area contributed by atoms with Gasteiger partial charge in [0.15, 0.2) is 16.3 Å². The third kappa shape index (κ3) is 5.99. The van der Waals surface area contributed by atoms with E-state index in [4.69, 9.17) is 39.6 Å². The predicted octanol–water partition coefficient (Wildman–Crippen LogP) is 4.17. The van der Waals surface area contributed by atoms with Crippen molar-refractivity contribution in [2.45, 2.75) is 13.3 Å². The summed E-state index contributed by atoms with van der Waals surface area (Å²) in [7, 11) is 0. The summed E-state index contributed by atoms with van der Waals surface area (Å²) >= 11 is 10.5. The molecule has 6 N–H and O–H groups in total. The smallest absolute Gasteiger partial charge is 0.334 e. The monoisotopic (exact) mass is 473 g/mol. The van der Waals surface area contributed by atoms with Gasteiger partial charge in [0.25, 0.3) is 0 Å². The Labute approximate surface area is 194 Å². The molecule has 0 aliphatic carbocycles. The lowest BCUT2D eigenvalue weighted by atomic mass is 10.1. The molecule has 0 radical (unpaired) electrons. The van der Waals surface area contributed by atoms with Crippen molar-refractivity contribution in [3.05, 3.63) is 69.4 Å². The fraction of sp³-hybridized carbons (Fsp3) is 0.190. The Morgan fingerprint density at radius 1 is 1.22 bits per heavy atom. The Kier molecular flexibility index (Phi) is 7.68. The number of nitrogens with one attached hydrogen (secondary N) is 3. The minimum absolute atomic E-state index is 0.111. The maximum atomic E-state index is 11.4. The Hall–Kier alpha value is -3.57. The predicted molar refractivity (Wildman–Crippen MR) is 127 cm³/mol. The first-order valence-electron chi connectivity index (χ1n) is 9.69. The summed E-state index contributed by atoms with van der Waals surface area (Å²) in [6.45, 7) is 2.13. The van der Waals surface area contributed by atoms with Crippen molar-refractivity contribution >= 4 is 41.8 Å². The van der Waals surface area contributed by atoms with E-state index in [0.717, 1.165) is 17.5 Å². The number of hydrogen-bond donors (Lipinski definition) is 5. The second-order valence-electron chi connectivity index (χ2n) is 6.64. The summed E-state index contributed by atoms with van der Waals surface area (Å²) in [4.78, 5) is 11.4. The summed E-state index contributed by atoms with van der Waals surface area (Å²) in [5, 5.41) is 18.7.